The summed E-state index contributed by atoms with van der Waals surface area (Å²) < 4.78 is 10.7. The fraction of sp³-hybridized carbons (Fsp3) is 0.500. The first-order chi connectivity index (χ1) is 9.25. The van der Waals surface area contributed by atoms with Crippen molar-refractivity contribution in [3.8, 4) is 11.5 Å². The minimum absolute atomic E-state index is 0.167. The third-order valence-electron chi connectivity index (χ3n) is 3.61. The molecule has 0 radical (unpaired) electrons. The lowest BCUT2D eigenvalue weighted by molar-refractivity contribution is -0.122. The molecule has 2 aliphatic heterocycles. The fourth-order valence-corrected chi connectivity index (χ4v) is 2.73. The van der Waals surface area contributed by atoms with Crippen LogP contribution in [0.3, 0.4) is 0 Å². The Morgan fingerprint density at radius 3 is 2.74 bits per heavy atom. The van der Waals surface area contributed by atoms with Crippen molar-refractivity contribution in [2.45, 2.75) is 13.0 Å². The topological polar surface area (TPSA) is 50.8 Å². The molecule has 1 N–H and O–H groups in total. The molecule has 0 saturated carbocycles. The predicted molar refractivity (Wildman–Crippen MR) is 70.4 cm³/mol. The van der Waals surface area contributed by atoms with Gasteiger partial charge in [0.2, 0.25) is 6.79 Å². The Balaban J connectivity index is 1.89. The summed E-state index contributed by atoms with van der Waals surface area (Å²) in [5.74, 6) is 1.66. The zero-order chi connectivity index (χ0) is 13.2. The SMILES string of the molecule is CC(=O)C(c1ccc2c(c1)OCO2)N1CCNCC1. The van der Waals surface area contributed by atoms with Crippen LogP contribution in [0.5, 0.6) is 11.5 Å². The molecule has 0 bridgehead atoms. The number of nitrogens with zero attached hydrogens (tertiary/aromatic N) is 1. The standard InChI is InChI=1S/C14H18N2O3/c1-10(17)14(16-6-4-15-5-7-16)11-2-3-12-13(8-11)19-9-18-12/h2-3,8,14-15H,4-7,9H2,1H3. The van der Waals surface area contributed by atoms with Crippen LogP contribution in [-0.4, -0.2) is 43.7 Å². The van der Waals surface area contributed by atoms with E-state index in [1.807, 2.05) is 18.2 Å². The second kappa shape index (κ2) is 5.19. The minimum atomic E-state index is -0.184. The van der Waals surface area contributed by atoms with E-state index in [0.717, 1.165) is 43.2 Å². The van der Waals surface area contributed by atoms with Crippen molar-refractivity contribution in [3.05, 3.63) is 23.8 Å². The Hall–Kier alpha value is -1.59. The lowest BCUT2D eigenvalue weighted by Crippen LogP contribution is -2.46. The Bertz CT molecular complexity index is 484. The van der Waals surface area contributed by atoms with Gasteiger partial charge in [0.05, 0.1) is 6.04 Å². The zero-order valence-corrected chi connectivity index (χ0v) is 11.0. The Kier molecular flexibility index (Phi) is 3.40. The first kappa shape index (κ1) is 12.4. The maximum atomic E-state index is 12.0. The third-order valence-corrected chi connectivity index (χ3v) is 3.61. The molecule has 102 valence electrons. The fourth-order valence-electron chi connectivity index (χ4n) is 2.73. The van der Waals surface area contributed by atoms with E-state index in [9.17, 15) is 4.79 Å². The number of carbonyl (C=O) groups is 1. The van der Waals surface area contributed by atoms with E-state index in [1.54, 1.807) is 6.92 Å². The average Bonchev–Trinajstić information content (AvgIpc) is 2.87. The predicted octanol–water partition coefficient (Wildman–Crippen LogP) is 0.951. The second-order valence-electron chi connectivity index (χ2n) is 4.91. The number of fused-ring (bicyclic) bond motifs is 1. The summed E-state index contributed by atoms with van der Waals surface area (Å²) in [6, 6.07) is 5.59. The number of hydrogen-bond acceptors (Lipinski definition) is 5. The lowest BCUT2D eigenvalue weighted by Gasteiger charge is -2.33. The summed E-state index contributed by atoms with van der Waals surface area (Å²) >= 11 is 0. The highest BCUT2D eigenvalue weighted by Crippen LogP contribution is 2.35. The summed E-state index contributed by atoms with van der Waals surface area (Å²) in [6.45, 7) is 5.54. The highest BCUT2D eigenvalue weighted by Gasteiger charge is 2.27. The van der Waals surface area contributed by atoms with Crippen molar-refractivity contribution >= 4 is 5.78 Å². The highest BCUT2D eigenvalue weighted by atomic mass is 16.7. The van der Waals surface area contributed by atoms with Crippen LogP contribution in [0, 0.1) is 0 Å². The van der Waals surface area contributed by atoms with Gasteiger partial charge in [0.25, 0.3) is 0 Å². The van der Waals surface area contributed by atoms with Crippen molar-refractivity contribution < 1.29 is 14.3 Å². The van der Waals surface area contributed by atoms with E-state index >= 15 is 0 Å². The number of rotatable bonds is 3. The maximum absolute atomic E-state index is 12.0. The van der Waals surface area contributed by atoms with Crippen LogP contribution in [0.25, 0.3) is 0 Å². The van der Waals surface area contributed by atoms with Crippen LogP contribution < -0.4 is 14.8 Å². The molecule has 1 aromatic rings. The van der Waals surface area contributed by atoms with Crippen molar-refractivity contribution in [3.63, 3.8) is 0 Å². The molecule has 2 heterocycles. The summed E-state index contributed by atoms with van der Waals surface area (Å²) in [4.78, 5) is 14.2. The van der Waals surface area contributed by atoms with Gasteiger partial charge >= 0.3 is 0 Å². The number of benzene rings is 1. The molecule has 0 aromatic heterocycles. The van der Waals surface area contributed by atoms with Crippen LogP contribution in [0.2, 0.25) is 0 Å². The van der Waals surface area contributed by atoms with Crippen LogP contribution in [-0.2, 0) is 4.79 Å². The quantitative estimate of drug-likeness (QED) is 0.879. The Morgan fingerprint density at radius 1 is 1.26 bits per heavy atom. The summed E-state index contributed by atoms with van der Waals surface area (Å²) in [7, 11) is 0. The molecule has 2 aliphatic rings. The van der Waals surface area contributed by atoms with Crippen LogP contribution in [0.1, 0.15) is 18.5 Å². The van der Waals surface area contributed by atoms with Gasteiger partial charge in [-0.1, -0.05) is 6.07 Å². The van der Waals surface area contributed by atoms with E-state index in [0.29, 0.717) is 0 Å². The Morgan fingerprint density at radius 2 is 2.00 bits per heavy atom. The lowest BCUT2D eigenvalue weighted by atomic mass is 10.0. The van der Waals surface area contributed by atoms with Crippen LogP contribution in [0.15, 0.2) is 18.2 Å². The molecule has 5 heteroatoms. The number of piperazine rings is 1. The molecule has 19 heavy (non-hydrogen) atoms. The minimum Gasteiger partial charge on any atom is -0.454 e. The first-order valence-corrected chi connectivity index (χ1v) is 6.60. The number of ether oxygens (including phenoxy) is 2. The molecule has 1 atom stereocenters. The van der Waals surface area contributed by atoms with Gasteiger partial charge in [0.15, 0.2) is 17.3 Å². The van der Waals surface area contributed by atoms with E-state index in [1.165, 1.54) is 0 Å². The van der Waals surface area contributed by atoms with Crippen LogP contribution >= 0.6 is 0 Å². The molecular weight excluding hydrogens is 244 g/mol. The molecule has 0 spiro atoms. The molecule has 3 rings (SSSR count). The molecule has 1 aromatic carbocycles. The van der Waals surface area contributed by atoms with E-state index < -0.39 is 0 Å². The van der Waals surface area contributed by atoms with E-state index in [-0.39, 0.29) is 18.6 Å². The first-order valence-electron chi connectivity index (χ1n) is 6.60. The average molecular weight is 262 g/mol. The van der Waals surface area contributed by atoms with Gasteiger partial charge < -0.3 is 14.8 Å². The smallest absolute Gasteiger partial charge is 0.231 e. The molecule has 0 aliphatic carbocycles. The highest BCUT2D eigenvalue weighted by molar-refractivity contribution is 5.83. The molecule has 0 amide bonds. The van der Waals surface area contributed by atoms with Gasteiger partial charge in [-0.2, -0.15) is 0 Å². The largest absolute Gasteiger partial charge is 0.454 e. The second-order valence-corrected chi connectivity index (χ2v) is 4.91. The van der Waals surface area contributed by atoms with E-state index in [4.69, 9.17) is 9.47 Å². The van der Waals surface area contributed by atoms with Gasteiger partial charge in [0, 0.05) is 26.2 Å². The number of nitrogens with one attached hydrogen (secondary N) is 1. The number of carbonyl (C=O) groups excluding carboxylic acids is 1. The third kappa shape index (κ3) is 2.43. The van der Waals surface area contributed by atoms with Crippen molar-refractivity contribution in [2.24, 2.45) is 0 Å². The van der Waals surface area contributed by atoms with Gasteiger partial charge in [-0.3, -0.25) is 9.69 Å². The summed E-state index contributed by atoms with van der Waals surface area (Å²) in [6.07, 6.45) is 0. The summed E-state index contributed by atoms with van der Waals surface area (Å²) in [5.41, 5.74) is 0.985. The zero-order valence-electron chi connectivity index (χ0n) is 11.0. The number of hydrogen-bond donors (Lipinski definition) is 1. The maximum Gasteiger partial charge on any atom is 0.231 e. The number of Topliss-reactive ketones (excluding diaryl/α,β-unsaturated/α-hetero) is 1. The van der Waals surface area contributed by atoms with Gasteiger partial charge in [0.1, 0.15) is 0 Å². The monoisotopic (exact) mass is 262 g/mol. The van der Waals surface area contributed by atoms with E-state index in [2.05, 4.69) is 10.2 Å². The van der Waals surface area contributed by atoms with Gasteiger partial charge in [-0.15, -0.1) is 0 Å². The normalized spacial score (nSPS) is 20.3. The molecule has 1 saturated heterocycles. The van der Waals surface area contributed by atoms with Gasteiger partial charge in [-0.05, 0) is 24.6 Å². The molecular formula is C14H18N2O3. The van der Waals surface area contributed by atoms with Crippen molar-refractivity contribution in [1.82, 2.24) is 10.2 Å². The number of ketones is 1. The van der Waals surface area contributed by atoms with Crippen molar-refractivity contribution in [1.29, 1.82) is 0 Å². The molecule has 5 nitrogen and oxygen atoms in total. The molecule has 1 fully saturated rings. The van der Waals surface area contributed by atoms with Gasteiger partial charge in [-0.25, -0.2) is 0 Å². The molecule has 1 unspecified atom stereocenters. The van der Waals surface area contributed by atoms with Crippen molar-refractivity contribution in [2.75, 3.05) is 33.0 Å². The summed E-state index contributed by atoms with van der Waals surface area (Å²) in [5, 5.41) is 3.30. The Labute approximate surface area is 112 Å². The van der Waals surface area contributed by atoms with Crippen LogP contribution in [0.4, 0.5) is 0 Å².